The van der Waals surface area contributed by atoms with Crippen LogP contribution in [-0.4, -0.2) is 13.0 Å². The first kappa shape index (κ1) is 20.3. The molecule has 0 radical (unpaired) electrons. The minimum atomic E-state index is -4.53. The molecule has 0 spiro atoms. The molecule has 1 aliphatic carbocycles. The smallest absolute Gasteiger partial charge is 0.237 e. The van der Waals surface area contributed by atoms with Crippen LogP contribution in [0.25, 0.3) is 16.9 Å². The second-order valence-corrected chi connectivity index (χ2v) is 11.3. The van der Waals surface area contributed by atoms with Gasteiger partial charge in [-0.25, -0.2) is 4.68 Å². The predicted octanol–water partition coefficient (Wildman–Crippen LogP) is 7.84. The van der Waals surface area contributed by atoms with Gasteiger partial charge in [0.15, 0.2) is 0 Å². The topological polar surface area (TPSA) is 17.8 Å². The molecule has 1 aliphatic rings. The summed E-state index contributed by atoms with van der Waals surface area (Å²) in [6.07, 6.45) is -1.90. The molecule has 1 unspecified atom stereocenters. The molecule has 0 aliphatic heterocycles. The van der Waals surface area contributed by atoms with Gasteiger partial charge in [0.1, 0.15) is 5.69 Å². The van der Waals surface area contributed by atoms with Gasteiger partial charge in [-0.05, 0) is 18.6 Å². The Kier molecular flexibility index (Phi) is 5.10. The summed E-state index contributed by atoms with van der Waals surface area (Å²) in [4.78, 5) is 0. The molecule has 0 N–H and O–H groups in total. The minimum Gasteiger partial charge on any atom is -0.237 e. The zero-order valence-electron chi connectivity index (χ0n) is 13.9. The number of hydrogen-bond acceptors (Lipinski definition) is 1. The zero-order chi connectivity index (χ0) is 20.3. The molecule has 1 saturated carbocycles. The molecule has 0 amide bonds. The number of aromatic nitrogens is 2. The lowest BCUT2D eigenvalue weighted by Gasteiger charge is -2.12. The number of hydrogen-bond donors (Lipinski definition) is 0. The third kappa shape index (κ3) is 3.74. The van der Waals surface area contributed by atoms with Gasteiger partial charge in [-0.15, -0.1) is 0 Å². The number of rotatable bonds is 3. The Labute approximate surface area is 185 Å². The van der Waals surface area contributed by atoms with E-state index < -0.39 is 11.7 Å². The summed E-state index contributed by atoms with van der Waals surface area (Å²) >= 11 is 19.6. The number of nitrogens with zero attached hydrogens (tertiary/aromatic N) is 2. The molecule has 2 aromatic carbocycles. The largest absolute Gasteiger partial charge is 0.416 e. The highest BCUT2D eigenvalue weighted by Crippen LogP contribution is 2.63. The Morgan fingerprint density at radius 3 is 2.14 bits per heavy atom. The fourth-order valence-electron chi connectivity index (χ4n) is 3.08. The molecule has 9 heteroatoms. The minimum absolute atomic E-state index is 0.117. The van der Waals surface area contributed by atoms with Gasteiger partial charge in [0.05, 0.1) is 24.5 Å². The molecule has 0 saturated heterocycles. The van der Waals surface area contributed by atoms with Gasteiger partial charge in [0, 0.05) is 23.2 Å². The fraction of sp³-hybridized carbons (Fsp3) is 0.211. The lowest BCUT2D eigenvalue weighted by Crippen LogP contribution is -2.07. The Morgan fingerprint density at radius 1 is 1.07 bits per heavy atom. The van der Waals surface area contributed by atoms with E-state index in [1.165, 1.54) is 4.68 Å². The van der Waals surface area contributed by atoms with Crippen LogP contribution in [0.15, 0.2) is 48.7 Å². The summed E-state index contributed by atoms with van der Waals surface area (Å²) in [7, 11) is 0. The van der Waals surface area contributed by atoms with Crippen molar-refractivity contribution in [3.63, 3.8) is 0 Å². The summed E-state index contributed by atoms with van der Waals surface area (Å²) in [6.45, 7) is 0. The molecule has 1 fully saturated rings. The van der Waals surface area contributed by atoms with Gasteiger partial charge in [-0.2, -0.15) is 18.3 Å². The Morgan fingerprint density at radius 2 is 1.64 bits per heavy atom. The fourth-order valence-corrected chi connectivity index (χ4v) is 4.88. The quantitative estimate of drug-likeness (QED) is 0.302. The van der Waals surface area contributed by atoms with Gasteiger partial charge in [-0.1, -0.05) is 85.4 Å². The summed E-state index contributed by atoms with van der Waals surface area (Å²) < 4.78 is 40.3. The van der Waals surface area contributed by atoms with Gasteiger partial charge < -0.3 is 0 Å². The van der Waals surface area contributed by atoms with E-state index in [9.17, 15) is 13.2 Å². The van der Waals surface area contributed by atoms with Gasteiger partial charge in [-0.3, -0.25) is 0 Å². The third-order valence-electron chi connectivity index (χ3n) is 4.56. The molecule has 1 atom stereocenters. The maximum atomic E-state index is 13.0. The molecular formula is C19H11Br2Cl2F3N2. The SMILES string of the molecule is FC(F)(F)c1cc(Cl)c(-n2cc(C3CC3(Br)Br)c(-c3ccccc3)n2)c(Cl)c1. The van der Waals surface area contributed by atoms with Crippen LogP contribution in [-0.2, 0) is 6.18 Å². The number of halogens is 7. The number of benzene rings is 2. The first-order chi connectivity index (χ1) is 13.1. The Hall–Kier alpha value is -1.02. The number of alkyl halides is 5. The van der Waals surface area contributed by atoms with Crippen LogP contribution < -0.4 is 0 Å². The first-order valence-corrected chi connectivity index (χ1v) is 10.5. The van der Waals surface area contributed by atoms with Crippen molar-refractivity contribution in [3.8, 4) is 16.9 Å². The van der Waals surface area contributed by atoms with Crippen LogP contribution >= 0.6 is 55.1 Å². The van der Waals surface area contributed by atoms with E-state index in [0.717, 1.165) is 35.4 Å². The van der Waals surface area contributed by atoms with Crippen molar-refractivity contribution >= 4 is 55.1 Å². The van der Waals surface area contributed by atoms with Crippen LogP contribution in [0, 0.1) is 0 Å². The third-order valence-corrected chi connectivity index (χ3v) is 6.89. The van der Waals surface area contributed by atoms with E-state index in [4.69, 9.17) is 23.2 Å². The zero-order valence-corrected chi connectivity index (χ0v) is 18.6. The first-order valence-electron chi connectivity index (χ1n) is 8.17. The normalized spacial score (nSPS) is 18.3. The average Bonchev–Trinajstić information content (AvgIpc) is 3.05. The molecule has 146 valence electrons. The highest BCUT2D eigenvalue weighted by molar-refractivity contribution is 9.25. The molecule has 3 aromatic rings. The Bertz CT molecular complexity index is 1030. The Balaban J connectivity index is 1.86. The van der Waals surface area contributed by atoms with Crippen molar-refractivity contribution in [2.45, 2.75) is 21.7 Å². The second-order valence-electron chi connectivity index (χ2n) is 6.55. The van der Waals surface area contributed by atoms with Crippen LogP contribution in [0.5, 0.6) is 0 Å². The van der Waals surface area contributed by atoms with Gasteiger partial charge in [0.25, 0.3) is 0 Å². The van der Waals surface area contributed by atoms with Gasteiger partial charge >= 0.3 is 6.18 Å². The molecule has 4 rings (SSSR count). The maximum absolute atomic E-state index is 13.0. The predicted molar refractivity (Wildman–Crippen MR) is 112 cm³/mol. The summed E-state index contributed by atoms with van der Waals surface area (Å²) in [5, 5.41) is 4.38. The van der Waals surface area contributed by atoms with E-state index in [0.29, 0.717) is 0 Å². The highest BCUT2D eigenvalue weighted by atomic mass is 79.9. The molecule has 1 heterocycles. The van der Waals surface area contributed by atoms with E-state index >= 15 is 0 Å². The van der Waals surface area contributed by atoms with E-state index in [1.807, 2.05) is 30.3 Å². The molecule has 28 heavy (non-hydrogen) atoms. The van der Waals surface area contributed by atoms with Crippen molar-refractivity contribution in [2.24, 2.45) is 0 Å². The molecule has 2 nitrogen and oxygen atoms in total. The van der Waals surface area contributed by atoms with Gasteiger partial charge in [0.2, 0.25) is 0 Å². The molecular weight excluding hydrogens is 544 g/mol. The van der Waals surface area contributed by atoms with Crippen molar-refractivity contribution in [1.82, 2.24) is 9.78 Å². The highest BCUT2D eigenvalue weighted by Gasteiger charge is 2.52. The lowest BCUT2D eigenvalue weighted by atomic mass is 10.1. The van der Waals surface area contributed by atoms with Crippen molar-refractivity contribution < 1.29 is 13.2 Å². The average molecular weight is 555 g/mol. The van der Waals surface area contributed by atoms with Crippen LogP contribution in [0.1, 0.15) is 23.5 Å². The summed E-state index contributed by atoms with van der Waals surface area (Å²) in [5.74, 6) is 0.156. The van der Waals surface area contributed by atoms with E-state index in [-0.39, 0.29) is 24.9 Å². The van der Waals surface area contributed by atoms with E-state index in [2.05, 4.69) is 37.0 Å². The molecule has 0 bridgehead atoms. The van der Waals surface area contributed by atoms with E-state index in [1.54, 1.807) is 6.20 Å². The van der Waals surface area contributed by atoms with Crippen molar-refractivity contribution in [1.29, 1.82) is 0 Å². The van der Waals surface area contributed by atoms with Crippen LogP contribution in [0.3, 0.4) is 0 Å². The summed E-state index contributed by atoms with van der Waals surface area (Å²) in [6, 6.07) is 11.3. The van der Waals surface area contributed by atoms with Crippen LogP contribution in [0.2, 0.25) is 10.0 Å². The van der Waals surface area contributed by atoms with Crippen molar-refractivity contribution in [2.75, 3.05) is 0 Å². The lowest BCUT2D eigenvalue weighted by molar-refractivity contribution is -0.137. The monoisotopic (exact) mass is 552 g/mol. The maximum Gasteiger partial charge on any atom is 0.416 e. The van der Waals surface area contributed by atoms with Crippen molar-refractivity contribution in [3.05, 3.63) is 69.8 Å². The molecule has 1 aromatic heterocycles. The van der Waals surface area contributed by atoms with Crippen LogP contribution in [0.4, 0.5) is 13.2 Å². The second kappa shape index (κ2) is 7.04. The standard InChI is InChI=1S/C19H11Br2Cl2F3N2/c20-18(21)8-13(18)12-9-28(27-16(12)10-4-2-1-3-5-10)17-14(22)6-11(7-15(17)23)19(24,25)26/h1-7,9,13H,8H2. The summed E-state index contributed by atoms with van der Waals surface area (Å²) in [5.41, 5.74) is 1.91.